The first kappa shape index (κ1) is 16.0. The zero-order chi connectivity index (χ0) is 14.9. The molecule has 0 aromatic carbocycles. The number of aliphatic hydroxyl groups excluding tert-OH is 1. The summed E-state index contributed by atoms with van der Waals surface area (Å²) in [4.78, 5) is 0. The molecule has 2 rings (SSSR count). The van der Waals surface area contributed by atoms with Crippen LogP contribution in [0.15, 0.2) is 11.6 Å². The van der Waals surface area contributed by atoms with Crippen molar-refractivity contribution in [2.45, 2.75) is 64.8 Å². The van der Waals surface area contributed by atoms with Crippen molar-refractivity contribution < 1.29 is 14.6 Å². The van der Waals surface area contributed by atoms with E-state index in [1.54, 1.807) is 7.11 Å². The third-order valence-electron chi connectivity index (χ3n) is 4.97. The quantitative estimate of drug-likeness (QED) is 0.622. The van der Waals surface area contributed by atoms with Gasteiger partial charge in [0, 0.05) is 13.0 Å². The summed E-state index contributed by atoms with van der Waals surface area (Å²) in [6.45, 7) is 9.57. The number of ether oxygens (including phenoxy) is 2. The predicted octanol–water partition coefficient (Wildman–Crippen LogP) is 3.17. The van der Waals surface area contributed by atoms with E-state index in [1.165, 1.54) is 12.0 Å². The third kappa shape index (κ3) is 3.10. The molecule has 0 aromatic heterocycles. The summed E-state index contributed by atoms with van der Waals surface area (Å²) in [6.07, 6.45) is 5.02. The molecule has 1 heterocycles. The van der Waals surface area contributed by atoms with Gasteiger partial charge in [-0.05, 0) is 38.0 Å². The highest BCUT2D eigenvalue weighted by atomic mass is 16.6. The lowest BCUT2D eigenvalue weighted by molar-refractivity contribution is -0.109. The predicted molar refractivity (Wildman–Crippen MR) is 80.6 cm³/mol. The molecule has 1 aliphatic heterocycles. The summed E-state index contributed by atoms with van der Waals surface area (Å²) in [5.41, 5.74) is 1.25. The highest BCUT2D eigenvalue weighted by molar-refractivity contribution is 5.21. The highest BCUT2D eigenvalue weighted by Gasteiger charge is 2.60. The lowest BCUT2D eigenvalue weighted by Crippen LogP contribution is -2.52. The van der Waals surface area contributed by atoms with E-state index in [0.29, 0.717) is 0 Å². The second-order valence-corrected chi connectivity index (χ2v) is 7.12. The van der Waals surface area contributed by atoms with Gasteiger partial charge in [-0.2, -0.15) is 0 Å². The van der Waals surface area contributed by atoms with Crippen molar-refractivity contribution in [3.63, 3.8) is 0 Å². The number of methoxy groups -OCH3 is 1. The van der Waals surface area contributed by atoms with Gasteiger partial charge in [-0.1, -0.05) is 32.4 Å². The van der Waals surface area contributed by atoms with Gasteiger partial charge in [0.05, 0.1) is 18.8 Å². The molecule has 116 valence electrons. The zero-order valence-corrected chi connectivity index (χ0v) is 13.6. The van der Waals surface area contributed by atoms with E-state index in [0.717, 1.165) is 25.4 Å². The Labute approximate surface area is 123 Å². The molecule has 0 unspecified atom stereocenters. The number of rotatable bonds is 5. The fourth-order valence-corrected chi connectivity index (χ4v) is 3.72. The first-order chi connectivity index (χ1) is 9.41. The van der Waals surface area contributed by atoms with Gasteiger partial charge < -0.3 is 14.6 Å². The summed E-state index contributed by atoms with van der Waals surface area (Å²) in [5.74, 6) is 1.16. The van der Waals surface area contributed by atoms with Crippen LogP contribution in [0.3, 0.4) is 0 Å². The Kier molecular flexibility index (Phi) is 4.93. The van der Waals surface area contributed by atoms with Crippen LogP contribution in [-0.4, -0.2) is 36.6 Å². The minimum Gasteiger partial charge on any atom is -0.390 e. The number of hydrogen-bond acceptors (Lipinski definition) is 3. The van der Waals surface area contributed by atoms with Crippen molar-refractivity contribution in [2.75, 3.05) is 13.7 Å². The van der Waals surface area contributed by atoms with Crippen LogP contribution in [0, 0.1) is 17.8 Å². The van der Waals surface area contributed by atoms with Crippen LogP contribution < -0.4 is 0 Å². The normalized spacial score (nSPS) is 41.5. The smallest absolute Gasteiger partial charge is 0.101 e. The van der Waals surface area contributed by atoms with Crippen LogP contribution in [0.5, 0.6) is 0 Å². The van der Waals surface area contributed by atoms with Gasteiger partial charge >= 0.3 is 0 Å². The Morgan fingerprint density at radius 1 is 1.50 bits per heavy atom. The van der Waals surface area contributed by atoms with Crippen molar-refractivity contribution >= 4 is 0 Å². The monoisotopic (exact) mass is 282 g/mol. The fourth-order valence-electron chi connectivity index (χ4n) is 3.72. The molecule has 1 saturated heterocycles. The molecule has 3 nitrogen and oxygen atoms in total. The van der Waals surface area contributed by atoms with Crippen LogP contribution in [0.2, 0.25) is 0 Å². The van der Waals surface area contributed by atoms with E-state index < -0.39 is 6.10 Å². The molecule has 2 fully saturated rings. The minimum atomic E-state index is -0.395. The van der Waals surface area contributed by atoms with Gasteiger partial charge in [0.2, 0.25) is 0 Å². The first-order valence-corrected chi connectivity index (χ1v) is 7.92. The topological polar surface area (TPSA) is 42.0 Å². The number of aliphatic hydroxyl groups is 1. The van der Waals surface area contributed by atoms with Crippen molar-refractivity contribution in [1.82, 2.24) is 0 Å². The van der Waals surface area contributed by atoms with Gasteiger partial charge in [0.25, 0.3) is 0 Å². The Morgan fingerprint density at radius 2 is 2.15 bits per heavy atom. The molecule has 0 amide bonds. The Bertz CT molecular complexity index is 357. The molecular weight excluding hydrogens is 252 g/mol. The van der Waals surface area contributed by atoms with Crippen molar-refractivity contribution in [2.24, 2.45) is 17.8 Å². The molecule has 3 heteroatoms. The van der Waals surface area contributed by atoms with Crippen LogP contribution in [-0.2, 0) is 9.47 Å². The number of hydrogen-bond donors (Lipinski definition) is 1. The zero-order valence-electron chi connectivity index (χ0n) is 13.6. The Balaban J connectivity index is 2.13. The standard InChI is InChI=1S/C17H30O3/c1-11(2)7-6-8-12(3)14-16(19-5)15(18)13(4)9-17(14)10-20-17/h8,11,13-16,18H,6-7,9-10H2,1-5H3/b12-8+/t13-,14+,15-,16+,17+/m1/s1. The van der Waals surface area contributed by atoms with E-state index >= 15 is 0 Å². The first-order valence-electron chi connectivity index (χ1n) is 7.92. The lowest BCUT2D eigenvalue weighted by Gasteiger charge is -2.43. The largest absolute Gasteiger partial charge is 0.390 e. The van der Waals surface area contributed by atoms with E-state index in [9.17, 15) is 5.11 Å². The maximum absolute atomic E-state index is 10.4. The van der Waals surface area contributed by atoms with Crippen molar-refractivity contribution in [1.29, 1.82) is 0 Å². The summed E-state index contributed by atoms with van der Waals surface area (Å²) in [7, 11) is 1.70. The second kappa shape index (κ2) is 6.17. The lowest BCUT2D eigenvalue weighted by atomic mass is 9.68. The molecule has 20 heavy (non-hydrogen) atoms. The highest BCUT2D eigenvalue weighted by Crippen LogP contribution is 2.51. The van der Waals surface area contributed by atoms with E-state index in [4.69, 9.17) is 9.47 Å². The summed E-state index contributed by atoms with van der Waals surface area (Å²) >= 11 is 0. The molecule has 0 bridgehead atoms. The van der Waals surface area contributed by atoms with E-state index in [-0.39, 0.29) is 23.5 Å². The second-order valence-electron chi connectivity index (χ2n) is 7.12. The van der Waals surface area contributed by atoms with Crippen LogP contribution >= 0.6 is 0 Å². The fraction of sp³-hybridized carbons (Fsp3) is 0.882. The molecule has 5 atom stereocenters. The summed E-state index contributed by atoms with van der Waals surface area (Å²) in [5, 5.41) is 10.4. The average molecular weight is 282 g/mol. The molecular formula is C17H30O3. The van der Waals surface area contributed by atoms with E-state index in [1.807, 2.05) is 0 Å². The Morgan fingerprint density at radius 3 is 2.65 bits per heavy atom. The van der Waals surface area contributed by atoms with Gasteiger partial charge in [0.15, 0.2) is 0 Å². The van der Waals surface area contributed by atoms with Crippen LogP contribution in [0.25, 0.3) is 0 Å². The van der Waals surface area contributed by atoms with Crippen molar-refractivity contribution in [3.8, 4) is 0 Å². The molecule has 0 radical (unpaired) electrons. The Hall–Kier alpha value is -0.380. The van der Waals surface area contributed by atoms with Crippen LogP contribution in [0.1, 0.15) is 47.0 Å². The number of allylic oxidation sites excluding steroid dienone is 1. The van der Waals surface area contributed by atoms with Gasteiger partial charge in [-0.3, -0.25) is 0 Å². The maximum Gasteiger partial charge on any atom is 0.101 e. The maximum atomic E-state index is 10.4. The van der Waals surface area contributed by atoms with Crippen molar-refractivity contribution in [3.05, 3.63) is 11.6 Å². The molecule has 1 saturated carbocycles. The SMILES string of the molecule is CO[C@@H]1[C@H](O)[C@H](C)C[C@]2(CO2)[C@H]1/C(C)=C/CCC(C)C. The number of epoxide rings is 1. The molecule has 0 aromatic rings. The van der Waals surface area contributed by atoms with E-state index in [2.05, 4.69) is 33.8 Å². The minimum absolute atomic E-state index is 0.0717. The molecule has 1 N–H and O–H groups in total. The summed E-state index contributed by atoms with van der Waals surface area (Å²) in [6, 6.07) is 0. The molecule has 1 aliphatic carbocycles. The van der Waals surface area contributed by atoms with Crippen LogP contribution in [0.4, 0.5) is 0 Å². The molecule has 1 spiro atoms. The average Bonchev–Trinajstić information content (AvgIpc) is 3.13. The molecule has 2 aliphatic rings. The van der Waals surface area contributed by atoms with Gasteiger partial charge in [-0.15, -0.1) is 0 Å². The third-order valence-corrected chi connectivity index (χ3v) is 4.97. The summed E-state index contributed by atoms with van der Waals surface area (Å²) < 4.78 is 11.5. The van der Waals surface area contributed by atoms with Gasteiger partial charge in [-0.25, -0.2) is 0 Å². The van der Waals surface area contributed by atoms with Gasteiger partial charge in [0.1, 0.15) is 5.60 Å².